The molecule has 1 atom stereocenters. The number of ether oxygens (including phenoxy) is 1. The van der Waals surface area contributed by atoms with Crippen molar-refractivity contribution in [3.05, 3.63) is 30.3 Å². The van der Waals surface area contributed by atoms with Crippen LogP contribution in [0.5, 0.6) is 5.75 Å². The van der Waals surface area contributed by atoms with Gasteiger partial charge in [-0.25, -0.2) is 0 Å². The summed E-state index contributed by atoms with van der Waals surface area (Å²) in [5, 5.41) is 13.9. The van der Waals surface area contributed by atoms with Crippen LogP contribution >= 0.6 is 0 Å². The van der Waals surface area contributed by atoms with Crippen molar-refractivity contribution in [3.63, 3.8) is 0 Å². The van der Waals surface area contributed by atoms with Crippen molar-refractivity contribution in [2.24, 2.45) is 16.8 Å². The monoisotopic (exact) mass is 251 g/mol. The molecule has 0 saturated heterocycles. The van der Waals surface area contributed by atoms with Gasteiger partial charge in [0.25, 0.3) is 0 Å². The van der Waals surface area contributed by atoms with Gasteiger partial charge in [0.15, 0.2) is 5.84 Å². The Morgan fingerprint density at radius 3 is 2.78 bits per heavy atom. The average molecular weight is 251 g/mol. The van der Waals surface area contributed by atoms with Crippen LogP contribution in [0, 0.1) is 5.92 Å². The van der Waals surface area contributed by atoms with Gasteiger partial charge in [0.2, 0.25) is 5.91 Å². The first-order valence-corrected chi connectivity index (χ1v) is 5.58. The number of carbonyl (C=O) groups excluding carboxylic acids is 1. The van der Waals surface area contributed by atoms with Gasteiger partial charge in [0.1, 0.15) is 12.4 Å². The summed E-state index contributed by atoms with van der Waals surface area (Å²) in [4.78, 5) is 11.5. The van der Waals surface area contributed by atoms with Gasteiger partial charge < -0.3 is 21.0 Å². The normalized spacial score (nSPS) is 12.8. The van der Waals surface area contributed by atoms with Crippen LogP contribution in [0.25, 0.3) is 0 Å². The zero-order chi connectivity index (χ0) is 13.4. The molecular weight excluding hydrogens is 234 g/mol. The van der Waals surface area contributed by atoms with Crippen LogP contribution < -0.4 is 15.8 Å². The van der Waals surface area contributed by atoms with E-state index < -0.39 is 5.92 Å². The molecule has 18 heavy (non-hydrogen) atoms. The number of amidine groups is 1. The first-order valence-electron chi connectivity index (χ1n) is 5.58. The van der Waals surface area contributed by atoms with Gasteiger partial charge in [-0.3, -0.25) is 4.79 Å². The van der Waals surface area contributed by atoms with Crippen molar-refractivity contribution in [3.8, 4) is 5.75 Å². The SMILES string of the molecule is CC(C(=O)NCCOc1ccccc1)C(N)=NO. The van der Waals surface area contributed by atoms with Crippen LogP contribution in [0.3, 0.4) is 0 Å². The van der Waals surface area contributed by atoms with Crippen molar-refractivity contribution in [1.82, 2.24) is 5.32 Å². The number of nitrogens with zero attached hydrogens (tertiary/aromatic N) is 1. The summed E-state index contributed by atoms with van der Waals surface area (Å²) in [5.41, 5.74) is 5.32. The molecule has 1 aromatic carbocycles. The standard InChI is InChI=1S/C12H17N3O3/c1-9(11(13)15-17)12(16)14-7-8-18-10-5-3-2-4-6-10/h2-6,9,17H,7-8H2,1H3,(H2,13,15)(H,14,16). The summed E-state index contributed by atoms with van der Waals surface area (Å²) in [6.07, 6.45) is 0. The molecule has 1 aromatic rings. The fourth-order valence-electron chi connectivity index (χ4n) is 1.23. The van der Waals surface area contributed by atoms with Crippen LogP contribution in [-0.4, -0.2) is 30.1 Å². The number of oxime groups is 1. The minimum atomic E-state index is -0.660. The van der Waals surface area contributed by atoms with E-state index in [1.54, 1.807) is 6.92 Å². The smallest absolute Gasteiger partial charge is 0.230 e. The molecule has 1 amide bonds. The van der Waals surface area contributed by atoms with E-state index in [0.717, 1.165) is 5.75 Å². The molecule has 1 rings (SSSR count). The third-order valence-electron chi connectivity index (χ3n) is 2.37. The molecule has 0 aliphatic rings. The molecule has 0 aliphatic carbocycles. The number of rotatable bonds is 6. The summed E-state index contributed by atoms with van der Waals surface area (Å²) in [5.74, 6) is -0.332. The van der Waals surface area contributed by atoms with Crippen LogP contribution in [0.1, 0.15) is 6.92 Å². The number of nitrogens with two attached hydrogens (primary N) is 1. The fraction of sp³-hybridized carbons (Fsp3) is 0.333. The second-order valence-corrected chi connectivity index (χ2v) is 3.70. The Morgan fingerprint density at radius 1 is 1.50 bits per heavy atom. The minimum Gasteiger partial charge on any atom is -0.492 e. The number of amides is 1. The van der Waals surface area contributed by atoms with Gasteiger partial charge in [-0.15, -0.1) is 0 Å². The van der Waals surface area contributed by atoms with Crippen LogP contribution in [-0.2, 0) is 4.79 Å². The number of hydrogen-bond acceptors (Lipinski definition) is 4. The second-order valence-electron chi connectivity index (χ2n) is 3.70. The number of carbonyl (C=O) groups is 1. The van der Waals surface area contributed by atoms with Crippen LogP contribution in [0.2, 0.25) is 0 Å². The summed E-state index contributed by atoms with van der Waals surface area (Å²) in [7, 11) is 0. The summed E-state index contributed by atoms with van der Waals surface area (Å²) < 4.78 is 5.40. The number of benzene rings is 1. The third kappa shape index (κ3) is 4.32. The van der Waals surface area contributed by atoms with Crippen molar-refractivity contribution in [1.29, 1.82) is 0 Å². The highest BCUT2D eigenvalue weighted by Crippen LogP contribution is 2.07. The van der Waals surface area contributed by atoms with Crippen molar-refractivity contribution >= 4 is 11.7 Å². The maximum atomic E-state index is 11.5. The predicted octanol–water partition coefficient (Wildman–Crippen LogP) is 0.564. The molecule has 98 valence electrons. The molecule has 6 heteroatoms. The van der Waals surface area contributed by atoms with Crippen LogP contribution in [0.15, 0.2) is 35.5 Å². The van der Waals surface area contributed by atoms with E-state index in [1.807, 2.05) is 30.3 Å². The van der Waals surface area contributed by atoms with Gasteiger partial charge in [-0.1, -0.05) is 23.4 Å². The van der Waals surface area contributed by atoms with E-state index in [9.17, 15) is 4.79 Å². The summed E-state index contributed by atoms with van der Waals surface area (Å²) in [6, 6.07) is 9.30. The van der Waals surface area contributed by atoms with Gasteiger partial charge in [-0.05, 0) is 19.1 Å². The molecule has 1 unspecified atom stereocenters. The zero-order valence-corrected chi connectivity index (χ0v) is 10.2. The first kappa shape index (κ1) is 13.8. The van der Waals surface area contributed by atoms with E-state index in [-0.39, 0.29) is 11.7 Å². The highest BCUT2D eigenvalue weighted by molar-refractivity contribution is 6.01. The van der Waals surface area contributed by atoms with Gasteiger partial charge in [0.05, 0.1) is 12.5 Å². The Balaban J connectivity index is 2.24. The molecule has 0 heterocycles. The molecule has 0 fully saturated rings. The molecule has 0 aromatic heterocycles. The third-order valence-corrected chi connectivity index (χ3v) is 2.37. The second kappa shape index (κ2) is 7.16. The summed E-state index contributed by atoms with van der Waals surface area (Å²) >= 11 is 0. The molecule has 6 nitrogen and oxygen atoms in total. The van der Waals surface area contributed by atoms with E-state index in [2.05, 4.69) is 10.5 Å². The van der Waals surface area contributed by atoms with Crippen molar-refractivity contribution in [2.45, 2.75) is 6.92 Å². The van der Waals surface area contributed by atoms with E-state index in [0.29, 0.717) is 13.2 Å². The number of nitrogens with one attached hydrogen (secondary N) is 1. The maximum absolute atomic E-state index is 11.5. The lowest BCUT2D eigenvalue weighted by molar-refractivity contribution is -0.122. The number of hydrogen-bond donors (Lipinski definition) is 3. The first-order chi connectivity index (χ1) is 8.65. The van der Waals surface area contributed by atoms with Gasteiger partial charge >= 0.3 is 0 Å². The average Bonchev–Trinajstić information content (AvgIpc) is 2.42. The molecule has 0 bridgehead atoms. The largest absolute Gasteiger partial charge is 0.492 e. The minimum absolute atomic E-state index is 0.114. The van der Waals surface area contributed by atoms with E-state index >= 15 is 0 Å². The molecule has 0 saturated carbocycles. The molecule has 4 N–H and O–H groups in total. The molecule has 0 spiro atoms. The highest BCUT2D eigenvalue weighted by Gasteiger charge is 2.16. The molecule has 0 aliphatic heterocycles. The van der Waals surface area contributed by atoms with Crippen LogP contribution in [0.4, 0.5) is 0 Å². The quantitative estimate of drug-likeness (QED) is 0.226. The Bertz CT molecular complexity index is 406. The van der Waals surface area contributed by atoms with E-state index in [1.165, 1.54) is 0 Å². The Labute approximate surface area is 105 Å². The van der Waals surface area contributed by atoms with Gasteiger partial charge in [-0.2, -0.15) is 0 Å². The Hall–Kier alpha value is -2.24. The Kier molecular flexibility index (Phi) is 5.50. The number of para-hydroxylation sites is 1. The fourth-order valence-corrected chi connectivity index (χ4v) is 1.23. The van der Waals surface area contributed by atoms with E-state index in [4.69, 9.17) is 15.7 Å². The lowest BCUT2D eigenvalue weighted by atomic mass is 10.1. The van der Waals surface area contributed by atoms with Crippen molar-refractivity contribution < 1.29 is 14.7 Å². The van der Waals surface area contributed by atoms with Gasteiger partial charge in [0, 0.05) is 0 Å². The topological polar surface area (TPSA) is 96.9 Å². The molecule has 0 radical (unpaired) electrons. The lowest BCUT2D eigenvalue weighted by Gasteiger charge is -2.11. The molecular formula is C12H17N3O3. The maximum Gasteiger partial charge on any atom is 0.230 e. The predicted molar refractivity (Wildman–Crippen MR) is 67.5 cm³/mol. The lowest BCUT2D eigenvalue weighted by Crippen LogP contribution is -2.38. The zero-order valence-electron chi connectivity index (χ0n) is 10.2. The Morgan fingerprint density at radius 2 is 2.17 bits per heavy atom. The summed E-state index contributed by atoms with van der Waals surface area (Å²) in [6.45, 7) is 2.28. The van der Waals surface area contributed by atoms with Crippen molar-refractivity contribution in [2.75, 3.05) is 13.2 Å². The highest BCUT2D eigenvalue weighted by atomic mass is 16.5.